The third kappa shape index (κ3) is 4.48. The zero-order chi connectivity index (χ0) is 28.1. The summed E-state index contributed by atoms with van der Waals surface area (Å²) in [5.41, 5.74) is 1.76. The third-order valence-electron chi connectivity index (χ3n) is 7.98. The Labute approximate surface area is 229 Å². The maximum absolute atomic E-state index is 13.8. The van der Waals surface area contributed by atoms with Crippen molar-refractivity contribution in [3.8, 4) is 5.69 Å². The first kappa shape index (κ1) is 26.6. The minimum Gasteiger partial charge on any atom is -0.433 e. The number of hydrogen-bond acceptors (Lipinski definition) is 6. The number of fused-ring (bicyclic) bond motifs is 2. The minimum absolute atomic E-state index is 0.0365. The van der Waals surface area contributed by atoms with E-state index < -0.39 is 34.4 Å². The molecule has 3 aliphatic rings. The molecule has 210 valence electrons. The summed E-state index contributed by atoms with van der Waals surface area (Å²) in [6.45, 7) is -0.779. The second kappa shape index (κ2) is 10.1. The number of hydrogen-bond donors (Lipinski definition) is 0. The Hall–Kier alpha value is -3.64. The molecule has 1 aromatic heterocycles. The number of carbonyl (C=O) groups is 1. The maximum Gasteiger partial charge on any atom is 0.320 e. The molecule has 0 bridgehead atoms. The summed E-state index contributed by atoms with van der Waals surface area (Å²) in [5, 5.41) is 4.42. The smallest absolute Gasteiger partial charge is 0.320 e. The number of anilines is 1. The van der Waals surface area contributed by atoms with Crippen LogP contribution in [0.15, 0.2) is 65.2 Å². The van der Waals surface area contributed by atoms with E-state index in [9.17, 15) is 26.4 Å². The molecule has 3 aromatic rings. The quantitative estimate of drug-likeness (QED) is 0.415. The van der Waals surface area contributed by atoms with Gasteiger partial charge >= 0.3 is 5.97 Å². The molecule has 2 aliphatic heterocycles. The van der Waals surface area contributed by atoms with Gasteiger partial charge in [0, 0.05) is 31.9 Å². The van der Waals surface area contributed by atoms with Crippen LogP contribution in [0.4, 0.5) is 18.9 Å². The van der Waals surface area contributed by atoms with Crippen molar-refractivity contribution in [1.29, 1.82) is 0 Å². The van der Waals surface area contributed by atoms with Crippen molar-refractivity contribution in [2.75, 3.05) is 37.9 Å². The molecular formula is C28H27F3N4O4S. The highest BCUT2D eigenvalue weighted by Crippen LogP contribution is 2.46. The monoisotopic (exact) mass is 572 g/mol. The Balaban J connectivity index is 1.34. The zero-order valence-electron chi connectivity index (χ0n) is 21.5. The molecule has 0 radical (unpaired) electrons. The summed E-state index contributed by atoms with van der Waals surface area (Å²) in [4.78, 5) is 15.2. The molecule has 0 amide bonds. The number of aromatic nitrogens is 2. The molecule has 12 heteroatoms. The van der Waals surface area contributed by atoms with Gasteiger partial charge in [-0.05, 0) is 78.9 Å². The number of rotatable bonds is 6. The molecule has 6 rings (SSSR count). The fourth-order valence-electron chi connectivity index (χ4n) is 5.91. The molecule has 1 aliphatic carbocycles. The molecular weight excluding hydrogens is 545 g/mol. The van der Waals surface area contributed by atoms with Crippen LogP contribution in [-0.2, 0) is 26.0 Å². The number of piperidine rings is 1. The predicted molar refractivity (Wildman–Crippen MR) is 141 cm³/mol. The summed E-state index contributed by atoms with van der Waals surface area (Å²) >= 11 is 0. The lowest BCUT2D eigenvalue weighted by Gasteiger charge is -2.43. The predicted octanol–water partition coefficient (Wildman–Crippen LogP) is 4.05. The lowest BCUT2D eigenvalue weighted by atomic mass is 9.69. The summed E-state index contributed by atoms with van der Waals surface area (Å²) in [6, 6.07) is 12.2. The number of sulfonamides is 1. The number of nitrogens with zero attached hydrogens (tertiary/aromatic N) is 4. The number of halogens is 3. The van der Waals surface area contributed by atoms with Crippen molar-refractivity contribution < 1.29 is 31.1 Å². The molecule has 3 heterocycles. The van der Waals surface area contributed by atoms with Gasteiger partial charge in [-0.15, -0.1) is 0 Å². The molecule has 0 saturated carbocycles. The van der Waals surface area contributed by atoms with Gasteiger partial charge in [-0.3, -0.25) is 4.79 Å². The number of esters is 1. The number of ether oxygens (including phenoxy) is 1. The number of carbonyl (C=O) groups excluding carboxylic acids is 1. The summed E-state index contributed by atoms with van der Waals surface area (Å²) in [7, 11) is -4.06. The fraction of sp³-hybridized carbons (Fsp3) is 0.357. The van der Waals surface area contributed by atoms with Crippen molar-refractivity contribution in [1.82, 2.24) is 14.1 Å². The van der Waals surface area contributed by atoms with Crippen LogP contribution < -0.4 is 4.90 Å². The molecule has 0 N–H and O–H groups in total. The van der Waals surface area contributed by atoms with Gasteiger partial charge in [0.15, 0.2) is 0 Å². The lowest BCUT2D eigenvalue weighted by Crippen LogP contribution is -2.53. The van der Waals surface area contributed by atoms with E-state index in [1.165, 1.54) is 28.6 Å². The van der Waals surface area contributed by atoms with E-state index in [-0.39, 0.29) is 43.2 Å². The summed E-state index contributed by atoms with van der Waals surface area (Å²) in [6.07, 6.45) is 3.05. The van der Waals surface area contributed by atoms with Crippen LogP contribution in [0, 0.1) is 11.2 Å². The van der Waals surface area contributed by atoms with Gasteiger partial charge < -0.3 is 9.64 Å². The molecule has 1 unspecified atom stereocenters. The average molecular weight is 573 g/mol. The van der Waals surface area contributed by atoms with Crippen LogP contribution in [0.5, 0.6) is 0 Å². The average Bonchev–Trinajstić information content (AvgIpc) is 3.58. The SMILES string of the molecule is O=C(OCF)C12Cc3cnn(-c4ccc(F)cc4)c3C=C1CCN(S(=O)(=O)c1cccc(N3CC[C@@H](F)C3)c1)C2. The van der Waals surface area contributed by atoms with Gasteiger partial charge in [0.1, 0.15) is 17.4 Å². The highest BCUT2D eigenvalue weighted by atomic mass is 32.2. The molecule has 0 spiro atoms. The van der Waals surface area contributed by atoms with E-state index in [2.05, 4.69) is 5.10 Å². The van der Waals surface area contributed by atoms with E-state index in [0.717, 1.165) is 0 Å². The Morgan fingerprint density at radius 1 is 1.12 bits per heavy atom. The van der Waals surface area contributed by atoms with Crippen molar-refractivity contribution in [3.63, 3.8) is 0 Å². The third-order valence-corrected chi connectivity index (χ3v) is 9.82. The summed E-state index contributed by atoms with van der Waals surface area (Å²) in [5.74, 6) is -1.23. The molecule has 2 fully saturated rings. The Bertz CT molecular complexity index is 1590. The lowest BCUT2D eigenvalue weighted by molar-refractivity contribution is -0.159. The minimum atomic E-state index is -4.06. The van der Waals surface area contributed by atoms with Gasteiger partial charge in [0.05, 0.1) is 22.5 Å². The molecule has 2 aromatic carbocycles. The van der Waals surface area contributed by atoms with E-state index in [0.29, 0.717) is 41.2 Å². The van der Waals surface area contributed by atoms with E-state index in [1.54, 1.807) is 41.2 Å². The molecule has 2 saturated heterocycles. The number of alkyl halides is 2. The molecule has 2 atom stereocenters. The first-order valence-corrected chi connectivity index (χ1v) is 14.4. The summed E-state index contributed by atoms with van der Waals surface area (Å²) < 4.78 is 75.9. The van der Waals surface area contributed by atoms with Gasteiger partial charge in [0.25, 0.3) is 0 Å². The first-order chi connectivity index (χ1) is 19.2. The van der Waals surface area contributed by atoms with E-state index >= 15 is 0 Å². The molecule has 8 nitrogen and oxygen atoms in total. The fourth-order valence-corrected chi connectivity index (χ4v) is 7.45. The second-order valence-corrected chi connectivity index (χ2v) is 12.3. The van der Waals surface area contributed by atoms with E-state index in [1.807, 2.05) is 4.90 Å². The normalized spacial score (nSPS) is 22.9. The Morgan fingerprint density at radius 3 is 2.65 bits per heavy atom. The van der Waals surface area contributed by atoms with Crippen molar-refractivity contribution >= 4 is 27.8 Å². The Kier molecular flexibility index (Phi) is 6.70. The van der Waals surface area contributed by atoms with Crippen LogP contribution in [-0.4, -0.2) is 67.7 Å². The second-order valence-electron chi connectivity index (χ2n) is 10.3. The van der Waals surface area contributed by atoms with Crippen LogP contribution in [0.1, 0.15) is 24.1 Å². The van der Waals surface area contributed by atoms with Gasteiger partial charge in [0.2, 0.25) is 16.9 Å². The highest BCUT2D eigenvalue weighted by molar-refractivity contribution is 7.89. The maximum atomic E-state index is 13.8. The first-order valence-electron chi connectivity index (χ1n) is 13.0. The topological polar surface area (TPSA) is 84.7 Å². The van der Waals surface area contributed by atoms with Crippen LogP contribution in [0.2, 0.25) is 0 Å². The van der Waals surface area contributed by atoms with Crippen LogP contribution >= 0.6 is 0 Å². The largest absolute Gasteiger partial charge is 0.433 e. The number of benzene rings is 2. The van der Waals surface area contributed by atoms with Gasteiger partial charge in [-0.1, -0.05) is 6.07 Å². The van der Waals surface area contributed by atoms with Gasteiger partial charge in [-0.2, -0.15) is 9.40 Å². The van der Waals surface area contributed by atoms with Crippen molar-refractivity contribution in [3.05, 3.63) is 77.4 Å². The van der Waals surface area contributed by atoms with Crippen LogP contribution in [0.25, 0.3) is 11.8 Å². The zero-order valence-corrected chi connectivity index (χ0v) is 22.3. The molecule has 40 heavy (non-hydrogen) atoms. The Morgan fingerprint density at radius 2 is 1.93 bits per heavy atom. The van der Waals surface area contributed by atoms with Gasteiger partial charge in [-0.25, -0.2) is 26.3 Å². The highest BCUT2D eigenvalue weighted by Gasteiger charge is 2.52. The van der Waals surface area contributed by atoms with E-state index in [4.69, 9.17) is 4.74 Å². The van der Waals surface area contributed by atoms with Crippen LogP contribution in [0.3, 0.4) is 0 Å². The van der Waals surface area contributed by atoms with Crippen molar-refractivity contribution in [2.45, 2.75) is 30.3 Å². The standard InChI is InChI=1S/C28H27F3N4O4S/c29-18-39-27(36)28-14-19-15-32-35(23-6-4-21(30)5-7-23)26(19)12-20(28)8-11-34(17-28)40(37,38)25-3-1-2-24(13-25)33-10-9-22(31)16-33/h1-7,12-13,15,22H,8-11,14,16-18H2/t22-,28?/m1/s1. The van der Waals surface area contributed by atoms with Crippen molar-refractivity contribution in [2.24, 2.45) is 5.41 Å².